The van der Waals surface area contributed by atoms with Crippen LogP contribution in [-0.4, -0.2) is 25.9 Å². The first-order valence-electron chi connectivity index (χ1n) is 10.6. The molecule has 1 amide bonds. The summed E-state index contributed by atoms with van der Waals surface area (Å²) in [4.78, 5) is 17.0. The molecule has 6 nitrogen and oxygen atoms in total. The van der Waals surface area contributed by atoms with Crippen LogP contribution < -0.4 is 9.62 Å². The van der Waals surface area contributed by atoms with Crippen molar-refractivity contribution >= 4 is 50.5 Å². The van der Waals surface area contributed by atoms with Gasteiger partial charge >= 0.3 is 0 Å². The number of nitrogens with zero attached hydrogens (tertiary/aromatic N) is 2. The van der Waals surface area contributed by atoms with Crippen LogP contribution in [0.3, 0.4) is 0 Å². The Labute approximate surface area is 214 Å². The van der Waals surface area contributed by atoms with Crippen molar-refractivity contribution in [2.75, 3.05) is 16.2 Å². The molecule has 3 aromatic carbocycles. The predicted molar refractivity (Wildman–Crippen MR) is 140 cm³/mol. The van der Waals surface area contributed by atoms with Gasteiger partial charge in [-0.3, -0.25) is 14.1 Å². The molecule has 1 heterocycles. The molecule has 178 valence electrons. The molecule has 0 unspecified atom stereocenters. The summed E-state index contributed by atoms with van der Waals surface area (Å²) >= 11 is 12.3. The van der Waals surface area contributed by atoms with Crippen molar-refractivity contribution in [3.8, 4) is 0 Å². The minimum Gasteiger partial charge on any atom is -0.325 e. The number of amides is 1. The Morgan fingerprint density at radius 1 is 0.857 bits per heavy atom. The van der Waals surface area contributed by atoms with Gasteiger partial charge in [-0.15, -0.1) is 0 Å². The van der Waals surface area contributed by atoms with Gasteiger partial charge in [0.1, 0.15) is 6.54 Å². The first kappa shape index (κ1) is 24.7. The van der Waals surface area contributed by atoms with Gasteiger partial charge in [0.25, 0.3) is 10.0 Å². The van der Waals surface area contributed by atoms with Crippen LogP contribution in [0.5, 0.6) is 0 Å². The number of anilines is 2. The van der Waals surface area contributed by atoms with E-state index in [0.29, 0.717) is 10.7 Å². The van der Waals surface area contributed by atoms with Gasteiger partial charge in [0, 0.05) is 23.1 Å². The van der Waals surface area contributed by atoms with Gasteiger partial charge in [0.05, 0.1) is 15.6 Å². The lowest BCUT2D eigenvalue weighted by Gasteiger charge is -2.25. The van der Waals surface area contributed by atoms with E-state index in [9.17, 15) is 13.2 Å². The lowest BCUT2D eigenvalue weighted by molar-refractivity contribution is -0.114. The second-order valence-corrected chi connectivity index (χ2v) is 10.4. The molecule has 0 atom stereocenters. The number of rotatable bonds is 8. The molecule has 4 rings (SSSR count). The Bertz CT molecular complexity index is 1420. The smallest absolute Gasteiger partial charge is 0.264 e. The number of carbonyl (C=O) groups is 1. The topological polar surface area (TPSA) is 79.4 Å². The van der Waals surface area contributed by atoms with Crippen molar-refractivity contribution in [2.45, 2.75) is 11.3 Å². The fraction of sp³-hybridized carbons (Fsp3) is 0.0769. The SMILES string of the molecule is O=C(CN(c1ccc(Cl)cc1Cl)S(=O)(=O)c1ccccc1)Nc1ccc(Cc2ccncc2)cc1. The molecule has 0 bridgehead atoms. The van der Waals surface area contributed by atoms with Gasteiger partial charge in [0.15, 0.2) is 0 Å². The van der Waals surface area contributed by atoms with Gasteiger partial charge in [-0.1, -0.05) is 53.5 Å². The van der Waals surface area contributed by atoms with Crippen LogP contribution in [-0.2, 0) is 21.2 Å². The molecule has 35 heavy (non-hydrogen) atoms. The maximum absolute atomic E-state index is 13.4. The number of sulfonamides is 1. The second kappa shape index (κ2) is 10.9. The Hall–Kier alpha value is -3.39. The van der Waals surface area contributed by atoms with Crippen molar-refractivity contribution in [1.82, 2.24) is 4.98 Å². The Morgan fingerprint density at radius 3 is 2.17 bits per heavy atom. The molecular formula is C26H21Cl2N3O3S. The average molecular weight is 526 g/mol. The zero-order valence-corrected chi connectivity index (χ0v) is 20.8. The number of pyridine rings is 1. The maximum atomic E-state index is 13.4. The van der Waals surface area contributed by atoms with Gasteiger partial charge in [-0.2, -0.15) is 0 Å². The molecule has 0 radical (unpaired) electrons. The van der Waals surface area contributed by atoms with E-state index in [4.69, 9.17) is 23.2 Å². The van der Waals surface area contributed by atoms with Crippen molar-refractivity contribution in [3.63, 3.8) is 0 Å². The van der Waals surface area contributed by atoms with E-state index in [2.05, 4.69) is 10.3 Å². The lowest BCUT2D eigenvalue weighted by Crippen LogP contribution is -2.38. The molecule has 1 aromatic heterocycles. The average Bonchev–Trinajstić information content (AvgIpc) is 2.85. The summed E-state index contributed by atoms with van der Waals surface area (Å²) in [5.41, 5.74) is 2.89. The van der Waals surface area contributed by atoms with E-state index in [1.54, 1.807) is 42.7 Å². The molecule has 9 heteroatoms. The number of halogens is 2. The number of nitrogens with one attached hydrogen (secondary N) is 1. The maximum Gasteiger partial charge on any atom is 0.264 e. The summed E-state index contributed by atoms with van der Waals surface area (Å²) in [6, 6.07) is 23.6. The highest BCUT2D eigenvalue weighted by molar-refractivity contribution is 7.92. The first-order chi connectivity index (χ1) is 16.8. The lowest BCUT2D eigenvalue weighted by atomic mass is 10.1. The third-order valence-corrected chi connectivity index (χ3v) is 7.50. The van der Waals surface area contributed by atoms with Crippen LogP contribution in [0.25, 0.3) is 0 Å². The van der Waals surface area contributed by atoms with Crippen molar-refractivity contribution in [3.05, 3.63) is 118 Å². The molecule has 0 spiro atoms. The second-order valence-electron chi connectivity index (χ2n) is 7.70. The van der Waals surface area contributed by atoms with Gasteiger partial charge in [0.2, 0.25) is 5.91 Å². The largest absolute Gasteiger partial charge is 0.325 e. The molecule has 1 N–H and O–H groups in total. The van der Waals surface area contributed by atoms with Crippen LogP contribution in [0.15, 0.2) is 102 Å². The summed E-state index contributed by atoms with van der Waals surface area (Å²) in [6.45, 7) is -0.475. The van der Waals surface area contributed by atoms with Crippen LogP contribution in [0.4, 0.5) is 11.4 Å². The van der Waals surface area contributed by atoms with Crippen molar-refractivity contribution in [1.29, 1.82) is 0 Å². The number of benzene rings is 3. The molecular weight excluding hydrogens is 505 g/mol. The molecule has 0 aliphatic heterocycles. The zero-order valence-electron chi connectivity index (χ0n) is 18.4. The summed E-state index contributed by atoms with van der Waals surface area (Å²) < 4.78 is 27.8. The Balaban J connectivity index is 1.54. The summed E-state index contributed by atoms with van der Waals surface area (Å²) in [5, 5.41) is 3.23. The third-order valence-electron chi connectivity index (χ3n) is 5.19. The zero-order chi connectivity index (χ0) is 24.8. The normalized spacial score (nSPS) is 11.1. The Kier molecular flexibility index (Phi) is 7.70. The van der Waals surface area contributed by atoms with Crippen LogP contribution >= 0.6 is 23.2 Å². The number of hydrogen-bond acceptors (Lipinski definition) is 4. The number of aromatic nitrogens is 1. The molecule has 0 saturated carbocycles. The number of carbonyl (C=O) groups excluding carboxylic acids is 1. The fourth-order valence-corrected chi connectivity index (χ4v) is 5.50. The number of hydrogen-bond donors (Lipinski definition) is 1. The molecule has 0 aliphatic rings. The summed E-state index contributed by atoms with van der Waals surface area (Å²) in [7, 11) is -4.08. The van der Waals surface area contributed by atoms with E-state index in [0.717, 1.165) is 21.9 Å². The minimum atomic E-state index is -4.08. The van der Waals surface area contributed by atoms with E-state index >= 15 is 0 Å². The van der Waals surface area contributed by atoms with E-state index in [1.165, 1.54) is 30.3 Å². The fourth-order valence-electron chi connectivity index (χ4n) is 3.48. The van der Waals surface area contributed by atoms with Gasteiger partial charge < -0.3 is 5.32 Å². The molecule has 0 aliphatic carbocycles. The minimum absolute atomic E-state index is 0.0410. The highest BCUT2D eigenvalue weighted by Crippen LogP contribution is 2.32. The third kappa shape index (κ3) is 6.19. The first-order valence-corrected chi connectivity index (χ1v) is 12.8. The predicted octanol–water partition coefficient (Wildman–Crippen LogP) is 5.81. The summed E-state index contributed by atoms with van der Waals surface area (Å²) in [6.07, 6.45) is 4.22. The van der Waals surface area contributed by atoms with Gasteiger partial charge in [-0.05, 0) is 72.1 Å². The van der Waals surface area contributed by atoms with Gasteiger partial charge in [-0.25, -0.2) is 8.42 Å². The van der Waals surface area contributed by atoms with E-state index in [-0.39, 0.29) is 15.6 Å². The van der Waals surface area contributed by atoms with Crippen LogP contribution in [0.1, 0.15) is 11.1 Å². The van der Waals surface area contributed by atoms with Crippen LogP contribution in [0, 0.1) is 0 Å². The molecule has 0 saturated heterocycles. The van der Waals surface area contributed by atoms with Crippen LogP contribution in [0.2, 0.25) is 10.0 Å². The monoisotopic (exact) mass is 525 g/mol. The molecule has 4 aromatic rings. The standard InChI is InChI=1S/C26H21Cl2N3O3S/c27-21-8-11-25(24(28)17-21)31(35(33,34)23-4-2-1-3-5-23)18-26(32)30-22-9-6-19(7-10-22)16-20-12-14-29-15-13-20/h1-15,17H,16,18H2,(H,30,32). The van der Waals surface area contributed by atoms with Crippen molar-refractivity contribution < 1.29 is 13.2 Å². The highest BCUT2D eigenvalue weighted by Gasteiger charge is 2.28. The quantitative estimate of drug-likeness (QED) is 0.314. The van der Waals surface area contributed by atoms with E-state index < -0.39 is 22.5 Å². The Morgan fingerprint density at radius 2 is 1.51 bits per heavy atom. The van der Waals surface area contributed by atoms with E-state index in [1.807, 2.05) is 24.3 Å². The van der Waals surface area contributed by atoms with Crippen molar-refractivity contribution in [2.24, 2.45) is 0 Å². The summed E-state index contributed by atoms with van der Waals surface area (Å²) in [5.74, 6) is -0.516. The highest BCUT2D eigenvalue weighted by atomic mass is 35.5. The molecule has 0 fully saturated rings.